The molecule has 1 fully saturated rings. The number of carbonyl (C=O) groups is 1. The molecule has 1 aliphatic rings. The zero-order chi connectivity index (χ0) is 18.7. The summed E-state index contributed by atoms with van der Waals surface area (Å²) in [4.78, 5) is 12.6. The molecule has 0 spiro atoms. The van der Waals surface area contributed by atoms with E-state index in [0.717, 1.165) is 0 Å². The molecule has 1 amide bonds. The van der Waals surface area contributed by atoms with Crippen LogP contribution in [-0.4, -0.2) is 40.8 Å². The Bertz CT molecular complexity index is 927. The molecule has 138 valence electrons. The summed E-state index contributed by atoms with van der Waals surface area (Å²) in [5, 5.41) is 2.78. The molecule has 1 N–H and O–H groups in total. The molecule has 1 heterocycles. The molecule has 0 saturated carbocycles. The molecular formula is C18H20N2O5S. The van der Waals surface area contributed by atoms with Crippen LogP contribution >= 0.6 is 0 Å². The van der Waals surface area contributed by atoms with Gasteiger partial charge in [-0.3, -0.25) is 9.10 Å². The summed E-state index contributed by atoms with van der Waals surface area (Å²) in [5.74, 6) is 0.639. The Morgan fingerprint density at radius 2 is 1.81 bits per heavy atom. The molecule has 1 aliphatic heterocycles. The standard InChI is InChI=1S/C18H20N2O5S/c1-24-16-7-4-3-6-14(16)18(21)19-15-9-8-13(12-17(15)25-2)20-10-5-11-26(20,22)23/h3-4,6-9,12H,5,10-11H2,1-2H3,(H,19,21). The topological polar surface area (TPSA) is 84.9 Å². The third-order valence-corrected chi connectivity index (χ3v) is 6.04. The van der Waals surface area contributed by atoms with E-state index >= 15 is 0 Å². The minimum absolute atomic E-state index is 0.140. The number of nitrogens with zero attached hydrogens (tertiary/aromatic N) is 1. The fraction of sp³-hybridized carbons (Fsp3) is 0.278. The fourth-order valence-electron chi connectivity index (χ4n) is 2.89. The maximum Gasteiger partial charge on any atom is 0.259 e. The molecule has 1 saturated heterocycles. The summed E-state index contributed by atoms with van der Waals surface area (Å²) in [6, 6.07) is 11.8. The molecule has 0 bridgehead atoms. The minimum atomic E-state index is -3.28. The van der Waals surface area contributed by atoms with Crippen LogP contribution in [0.3, 0.4) is 0 Å². The average Bonchev–Trinajstić information content (AvgIpc) is 3.01. The van der Waals surface area contributed by atoms with E-state index in [0.29, 0.717) is 41.4 Å². The first-order valence-electron chi connectivity index (χ1n) is 8.09. The van der Waals surface area contributed by atoms with Crippen molar-refractivity contribution in [3.05, 3.63) is 48.0 Å². The molecule has 0 radical (unpaired) electrons. The van der Waals surface area contributed by atoms with Gasteiger partial charge in [0.25, 0.3) is 5.91 Å². The van der Waals surface area contributed by atoms with Crippen LogP contribution in [0.1, 0.15) is 16.8 Å². The first-order chi connectivity index (χ1) is 12.5. The van der Waals surface area contributed by atoms with Crippen molar-refractivity contribution >= 4 is 27.3 Å². The quantitative estimate of drug-likeness (QED) is 0.867. The first-order valence-corrected chi connectivity index (χ1v) is 9.70. The van der Waals surface area contributed by atoms with Crippen LogP contribution in [0.5, 0.6) is 11.5 Å². The van der Waals surface area contributed by atoms with Crippen molar-refractivity contribution in [3.8, 4) is 11.5 Å². The molecule has 26 heavy (non-hydrogen) atoms. The molecule has 2 aromatic carbocycles. The summed E-state index contributed by atoms with van der Waals surface area (Å²) in [6.07, 6.45) is 0.594. The van der Waals surface area contributed by atoms with Gasteiger partial charge in [0.2, 0.25) is 10.0 Å². The number of para-hydroxylation sites is 1. The van der Waals surface area contributed by atoms with Crippen molar-refractivity contribution < 1.29 is 22.7 Å². The average molecular weight is 376 g/mol. The van der Waals surface area contributed by atoms with Crippen LogP contribution in [-0.2, 0) is 10.0 Å². The zero-order valence-electron chi connectivity index (χ0n) is 14.6. The number of carbonyl (C=O) groups excluding carboxylic acids is 1. The van der Waals surface area contributed by atoms with Gasteiger partial charge in [-0.1, -0.05) is 12.1 Å². The monoisotopic (exact) mass is 376 g/mol. The summed E-state index contributed by atoms with van der Waals surface area (Å²) < 4.78 is 36.1. The van der Waals surface area contributed by atoms with E-state index in [-0.39, 0.29) is 11.7 Å². The van der Waals surface area contributed by atoms with Gasteiger partial charge in [0.05, 0.1) is 36.9 Å². The highest BCUT2D eigenvalue weighted by Gasteiger charge is 2.29. The molecule has 3 rings (SSSR count). The van der Waals surface area contributed by atoms with Gasteiger partial charge in [0, 0.05) is 12.6 Å². The van der Waals surface area contributed by atoms with Gasteiger partial charge in [-0.05, 0) is 30.7 Å². The van der Waals surface area contributed by atoms with Gasteiger partial charge >= 0.3 is 0 Å². The third kappa shape index (κ3) is 3.45. The van der Waals surface area contributed by atoms with Crippen molar-refractivity contribution in [3.63, 3.8) is 0 Å². The van der Waals surface area contributed by atoms with E-state index in [1.807, 2.05) is 0 Å². The predicted octanol–water partition coefficient (Wildman–Crippen LogP) is 2.50. The van der Waals surface area contributed by atoms with Gasteiger partial charge in [-0.25, -0.2) is 8.42 Å². The number of anilines is 2. The lowest BCUT2D eigenvalue weighted by molar-refractivity contribution is 0.102. The summed E-state index contributed by atoms with van der Waals surface area (Å²) in [7, 11) is -0.313. The Kier molecular flexibility index (Phi) is 5.03. The van der Waals surface area contributed by atoms with Crippen molar-refractivity contribution in [1.82, 2.24) is 0 Å². The molecule has 7 nitrogen and oxygen atoms in total. The Balaban J connectivity index is 1.88. The van der Waals surface area contributed by atoms with E-state index < -0.39 is 10.0 Å². The van der Waals surface area contributed by atoms with Gasteiger partial charge in [-0.15, -0.1) is 0 Å². The van der Waals surface area contributed by atoms with E-state index in [4.69, 9.17) is 9.47 Å². The summed E-state index contributed by atoms with van der Waals surface area (Å²) in [5.41, 5.74) is 1.36. The number of ether oxygens (including phenoxy) is 2. The van der Waals surface area contributed by atoms with E-state index in [1.54, 1.807) is 42.5 Å². The number of rotatable bonds is 5. The minimum Gasteiger partial charge on any atom is -0.496 e. The number of methoxy groups -OCH3 is 2. The highest BCUT2D eigenvalue weighted by atomic mass is 32.2. The second-order valence-electron chi connectivity index (χ2n) is 5.78. The SMILES string of the molecule is COc1cc(N2CCCS2(=O)=O)ccc1NC(=O)c1ccccc1OC. The highest BCUT2D eigenvalue weighted by Crippen LogP contribution is 2.33. The van der Waals surface area contributed by atoms with E-state index in [1.165, 1.54) is 18.5 Å². The number of sulfonamides is 1. The third-order valence-electron chi connectivity index (χ3n) is 4.17. The van der Waals surface area contributed by atoms with Crippen molar-refractivity contribution in [2.45, 2.75) is 6.42 Å². The zero-order valence-corrected chi connectivity index (χ0v) is 15.4. The van der Waals surface area contributed by atoms with E-state index in [9.17, 15) is 13.2 Å². The molecule has 0 aliphatic carbocycles. The maximum atomic E-state index is 12.6. The van der Waals surface area contributed by atoms with Gasteiger partial charge in [0.1, 0.15) is 11.5 Å². The van der Waals surface area contributed by atoms with Gasteiger partial charge < -0.3 is 14.8 Å². The van der Waals surface area contributed by atoms with Crippen molar-refractivity contribution in [2.75, 3.05) is 36.1 Å². The van der Waals surface area contributed by atoms with Crippen LogP contribution in [0.15, 0.2) is 42.5 Å². The van der Waals surface area contributed by atoms with Crippen LogP contribution < -0.4 is 19.1 Å². The van der Waals surface area contributed by atoms with Crippen LogP contribution in [0, 0.1) is 0 Å². The highest BCUT2D eigenvalue weighted by molar-refractivity contribution is 7.93. The lowest BCUT2D eigenvalue weighted by atomic mass is 10.1. The Morgan fingerprint density at radius 1 is 1.08 bits per heavy atom. The smallest absolute Gasteiger partial charge is 0.259 e. The molecule has 0 aromatic heterocycles. The summed E-state index contributed by atoms with van der Waals surface area (Å²) in [6.45, 7) is 0.443. The van der Waals surface area contributed by atoms with Crippen LogP contribution in [0.2, 0.25) is 0 Å². The number of amides is 1. The Hall–Kier alpha value is -2.74. The second-order valence-corrected chi connectivity index (χ2v) is 7.79. The maximum absolute atomic E-state index is 12.6. The van der Waals surface area contributed by atoms with Crippen molar-refractivity contribution in [2.24, 2.45) is 0 Å². The molecule has 0 atom stereocenters. The lowest BCUT2D eigenvalue weighted by Gasteiger charge is -2.19. The van der Waals surface area contributed by atoms with Gasteiger partial charge in [0.15, 0.2) is 0 Å². The number of hydrogen-bond donors (Lipinski definition) is 1. The van der Waals surface area contributed by atoms with Crippen LogP contribution in [0.25, 0.3) is 0 Å². The second kappa shape index (κ2) is 7.25. The van der Waals surface area contributed by atoms with E-state index in [2.05, 4.69) is 5.32 Å². The molecule has 0 unspecified atom stereocenters. The molecular weight excluding hydrogens is 356 g/mol. The molecule has 8 heteroatoms. The normalized spacial score (nSPS) is 15.5. The number of hydrogen-bond acceptors (Lipinski definition) is 5. The Morgan fingerprint density at radius 3 is 2.46 bits per heavy atom. The number of benzene rings is 2. The lowest BCUT2D eigenvalue weighted by Crippen LogP contribution is -2.25. The summed E-state index contributed by atoms with van der Waals surface area (Å²) >= 11 is 0. The first kappa shape index (κ1) is 18.1. The largest absolute Gasteiger partial charge is 0.496 e. The van der Waals surface area contributed by atoms with Crippen LogP contribution in [0.4, 0.5) is 11.4 Å². The number of nitrogens with one attached hydrogen (secondary N) is 1. The Labute approximate surface area is 152 Å². The fourth-order valence-corrected chi connectivity index (χ4v) is 4.45. The van der Waals surface area contributed by atoms with Crippen molar-refractivity contribution in [1.29, 1.82) is 0 Å². The predicted molar refractivity (Wildman–Crippen MR) is 99.7 cm³/mol. The molecule has 2 aromatic rings. The van der Waals surface area contributed by atoms with Gasteiger partial charge in [-0.2, -0.15) is 0 Å².